The van der Waals surface area contributed by atoms with Crippen LogP contribution in [0.4, 0.5) is 0 Å². The molecule has 8 aromatic rings. The summed E-state index contributed by atoms with van der Waals surface area (Å²) in [6.07, 6.45) is 25.6. The molecule has 8 atom stereocenters. The van der Waals surface area contributed by atoms with Crippen LogP contribution in [0.3, 0.4) is 0 Å². The van der Waals surface area contributed by atoms with Crippen molar-refractivity contribution in [2.24, 2.45) is 0 Å². The van der Waals surface area contributed by atoms with Crippen LogP contribution in [0.1, 0.15) is 83.5 Å². The third kappa shape index (κ3) is 16.5. The fourth-order valence-electron chi connectivity index (χ4n) is 15.1. The van der Waals surface area contributed by atoms with Crippen molar-refractivity contribution in [3.63, 3.8) is 0 Å². The smallest absolute Gasteiger partial charge is 0.131 e. The van der Waals surface area contributed by atoms with E-state index in [1.54, 1.807) is 0 Å². The van der Waals surface area contributed by atoms with Crippen molar-refractivity contribution >= 4 is 43.1 Å². The molecular weight excluding hydrogens is 1360 g/mol. The molecule has 8 unspecified atom stereocenters. The molecule has 20 nitrogen and oxygen atoms in total. The molecule has 8 aliphatic heterocycles. The average molecular weight is 1460 g/mol. The SMILES string of the molecule is Cc1cc(C)c2c(OCC3CO3)c3c(c(OCC4CO4)c2c1)CC=CC3.Cc1cc(CO)c2c(OCC3CO3)c3c(c(OCC4CO4)c2c1)CC=CC3.OCc1cc(CO)c2c(OCC3CO3)c3c(c(OCC4CO4)c2c1)CC=CC3.OCc1ccc2c(OCC3CO3)c3c(c(OCC4CO4)c2c1)CC=CC3. The zero-order valence-electron chi connectivity index (χ0n) is 61.1. The Hall–Kier alpha value is -8.32. The first-order valence-corrected chi connectivity index (χ1v) is 38.0. The van der Waals surface area contributed by atoms with Gasteiger partial charge in [-0.15, -0.1) is 0 Å². The lowest BCUT2D eigenvalue weighted by Crippen LogP contribution is -2.13. The third-order valence-corrected chi connectivity index (χ3v) is 21.2. The van der Waals surface area contributed by atoms with Gasteiger partial charge in [0.05, 0.1) is 79.3 Å². The largest absolute Gasteiger partial charge is 0.490 e. The van der Waals surface area contributed by atoms with Crippen molar-refractivity contribution in [1.29, 1.82) is 0 Å². The van der Waals surface area contributed by atoms with Gasteiger partial charge in [-0.3, -0.25) is 0 Å². The highest BCUT2D eigenvalue weighted by atomic mass is 16.6. The summed E-state index contributed by atoms with van der Waals surface area (Å²) in [5.41, 5.74) is 16.3. The molecule has 4 N–H and O–H groups in total. The van der Waals surface area contributed by atoms with E-state index in [9.17, 15) is 20.4 Å². The van der Waals surface area contributed by atoms with Crippen LogP contribution in [-0.2, 0) is 116 Å². The van der Waals surface area contributed by atoms with Gasteiger partial charge in [-0.25, -0.2) is 0 Å². The van der Waals surface area contributed by atoms with Gasteiger partial charge in [0.25, 0.3) is 0 Å². The van der Waals surface area contributed by atoms with Crippen LogP contribution < -0.4 is 37.9 Å². The highest BCUT2D eigenvalue weighted by Gasteiger charge is 2.36. The van der Waals surface area contributed by atoms with Gasteiger partial charge in [0, 0.05) is 87.6 Å². The molecule has 20 heteroatoms. The van der Waals surface area contributed by atoms with Crippen LogP contribution >= 0.6 is 0 Å². The van der Waals surface area contributed by atoms with Gasteiger partial charge in [-0.2, -0.15) is 0 Å². The van der Waals surface area contributed by atoms with E-state index in [1.165, 1.54) is 44.3 Å². The first-order valence-electron chi connectivity index (χ1n) is 38.0. The zero-order chi connectivity index (χ0) is 72.7. The van der Waals surface area contributed by atoms with E-state index in [2.05, 4.69) is 80.7 Å². The first-order chi connectivity index (χ1) is 52.6. The standard InChI is InChI=1S/C22H24O6.C22H24O5.C22H24O4.C21H22O5/c23-7-13-5-14(8-24)20-19(6-13)21(27-11-15-9-25-15)17-3-1-2-4-18(17)22(20)28-12-16-10-26-16;1-13-6-14(8-23)20-19(7-13)21(26-11-15-9-24-15)17-4-2-3-5-18(17)22(20)27-12-16-10-25-16;1-13-7-14(2)20-19(8-13)21(25-11-15-9-23-15)17-5-3-4-6-18(17)22(20)26-12-16-10-24-16;22-8-13-5-6-18-19(7-13)21(26-12-15-10-24-15)17-4-2-1-3-16(17)20(18)25-11-14-9-23-14/h1-2,5-6,15-16,23-24H,3-4,7-12H2;2-3,6-7,15-16,23H,4-5,8-12H2,1H3;3-4,7-8,15-16H,5-6,9-12H2,1-2H3;1-2,5-7,14-15,22H,3-4,8-12H2. The molecule has 8 aromatic carbocycles. The van der Waals surface area contributed by atoms with E-state index in [4.69, 9.17) is 75.8 Å². The summed E-state index contributed by atoms with van der Waals surface area (Å²) >= 11 is 0. The summed E-state index contributed by atoms with van der Waals surface area (Å²) < 4.78 is 92.7. The number of aliphatic hydroxyl groups is 4. The predicted molar refractivity (Wildman–Crippen MR) is 402 cm³/mol. The van der Waals surface area contributed by atoms with Gasteiger partial charge in [0.2, 0.25) is 0 Å². The van der Waals surface area contributed by atoms with Gasteiger partial charge in [-0.05, 0) is 130 Å². The Labute approximate surface area is 622 Å². The Morgan fingerprint density at radius 3 is 0.860 bits per heavy atom. The number of hydrogen-bond donors (Lipinski definition) is 4. The van der Waals surface area contributed by atoms with Gasteiger partial charge in [0.1, 0.15) is 148 Å². The Bertz CT molecular complexity index is 4790. The van der Waals surface area contributed by atoms with E-state index in [-0.39, 0.29) is 75.3 Å². The van der Waals surface area contributed by atoms with Crippen LogP contribution in [0.15, 0.2) is 103 Å². The molecule has 12 aliphatic rings. The molecule has 8 fully saturated rings. The lowest BCUT2D eigenvalue weighted by atomic mass is 9.88. The van der Waals surface area contributed by atoms with Crippen LogP contribution in [0.2, 0.25) is 0 Å². The summed E-state index contributed by atoms with van der Waals surface area (Å²) in [7, 11) is 0. The number of allylic oxidation sites excluding steroid dienone is 8. The maximum Gasteiger partial charge on any atom is 0.131 e. The minimum absolute atomic E-state index is 0.00417. The zero-order valence-corrected chi connectivity index (χ0v) is 61.1. The Morgan fingerprint density at radius 1 is 0.271 bits per heavy atom. The van der Waals surface area contributed by atoms with Crippen LogP contribution in [0.5, 0.6) is 46.0 Å². The predicted octanol–water partition coefficient (Wildman–Crippen LogP) is 11.1. The molecule has 0 amide bonds. The molecular formula is C87H94O20. The topological polar surface area (TPSA) is 255 Å². The second kappa shape index (κ2) is 31.7. The highest BCUT2D eigenvalue weighted by Crippen LogP contribution is 2.50. The molecule has 8 heterocycles. The number of fused-ring (bicyclic) bond motifs is 8. The summed E-state index contributed by atoms with van der Waals surface area (Å²) in [5, 5.41) is 47.5. The number of hydrogen-bond acceptors (Lipinski definition) is 20. The lowest BCUT2D eigenvalue weighted by Gasteiger charge is -2.25. The summed E-state index contributed by atoms with van der Waals surface area (Å²) in [6, 6.07) is 18.4. The van der Waals surface area contributed by atoms with Gasteiger partial charge < -0.3 is 96.2 Å². The number of aliphatic hydroxyl groups excluding tert-OH is 4. The van der Waals surface area contributed by atoms with Crippen LogP contribution in [0, 0.1) is 20.8 Å². The molecule has 0 radical (unpaired) electrons. The second-order valence-electron chi connectivity index (χ2n) is 29.7. The summed E-state index contributed by atoms with van der Waals surface area (Å²) in [4.78, 5) is 0. The minimum atomic E-state index is -0.138. The van der Waals surface area contributed by atoms with Gasteiger partial charge in [0.15, 0.2) is 0 Å². The Morgan fingerprint density at radius 2 is 0.533 bits per heavy atom. The third-order valence-electron chi connectivity index (χ3n) is 21.2. The van der Waals surface area contributed by atoms with E-state index in [0.29, 0.717) is 52.9 Å². The fraction of sp³-hybridized carbons (Fsp3) is 0.448. The van der Waals surface area contributed by atoms with Crippen molar-refractivity contribution in [1.82, 2.24) is 0 Å². The average Bonchev–Trinajstić information content (AvgIpc) is 1.64. The summed E-state index contributed by atoms with van der Waals surface area (Å²) in [6.45, 7) is 16.7. The van der Waals surface area contributed by atoms with E-state index >= 15 is 0 Å². The minimum Gasteiger partial charge on any atom is -0.490 e. The molecule has 562 valence electrons. The monoisotopic (exact) mass is 1460 g/mol. The normalized spacial score (nSPS) is 22.7. The van der Waals surface area contributed by atoms with E-state index in [1.807, 2.05) is 43.3 Å². The number of rotatable bonds is 28. The lowest BCUT2D eigenvalue weighted by molar-refractivity contribution is 0.256. The van der Waals surface area contributed by atoms with Crippen LogP contribution in [-0.4, -0.2) is 175 Å². The number of epoxide rings is 8. The molecule has 4 aliphatic carbocycles. The molecule has 0 saturated carbocycles. The van der Waals surface area contributed by atoms with Crippen molar-refractivity contribution in [3.8, 4) is 46.0 Å². The van der Waals surface area contributed by atoms with Crippen molar-refractivity contribution in [3.05, 3.63) is 187 Å². The van der Waals surface area contributed by atoms with Crippen LogP contribution in [0.25, 0.3) is 43.1 Å². The van der Waals surface area contributed by atoms with E-state index < -0.39 is 0 Å². The maximum absolute atomic E-state index is 10.1. The molecule has 8 saturated heterocycles. The van der Waals surface area contributed by atoms with E-state index in [0.717, 1.165) is 232 Å². The van der Waals surface area contributed by atoms with Crippen molar-refractivity contribution in [2.45, 2.75) is 147 Å². The summed E-state index contributed by atoms with van der Waals surface area (Å²) in [5.74, 6) is 7.25. The molecule has 20 rings (SSSR count). The highest BCUT2D eigenvalue weighted by molar-refractivity contribution is 6.02. The van der Waals surface area contributed by atoms with Gasteiger partial charge in [-0.1, -0.05) is 84.5 Å². The Balaban J connectivity index is 0.000000105. The molecule has 0 spiro atoms. The van der Waals surface area contributed by atoms with Gasteiger partial charge >= 0.3 is 0 Å². The van der Waals surface area contributed by atoms with Crippen molar-refractivity contribution < 1.29 is 96.2 Å². The second-order valence-corrected chi connectivity index (χ2v) is 29.7. The number of aryl methyl sites for hydroxylation is 3. The quantitative estimate of drug-likeness (QED) is 0.0263. The first kappa shape index (κ1) is 71.6. The molecule has 107 heavy (non-hydrogen) atoms. The maximum atomic E-state index is 10.1. The Kier molecular flexibility index (Phi) is 21.2. The number of benzene rings is 8. The fourth-order valence-corrected chi connectivity index (χ4v) is 15.1. The molecule has 0 aromatic heterocycles. The van der Waals surface area contributed by atoms with Crippen molar-refractivity contribution in [2.75, 3.05) is 106 Å². The molecule has 0 bridgehead atoms. The number of ether oxygens (including phenoxy) is 16.